The number of nitrogens with one attached hydrogen (secondary N) is 1. The van der Waals surface area contributed by atoms with Crippen molar-refractivity contribution in [1.29, 1.82) is 0 Å². The van der Waals surface area contributed by atoms with Crippen LogP contribution in [0.1, 0.15) is 39.5 Å². The summed E-state index contributed by atoms with van der Waals surface area (Å²) in [4.78, 5) is 12.3. The van der Waals surface area contributed by atoms with Gasteiger partial charge in [0.05, 0.1) is 18.4 Å². The second kappa shape index (κ2) is 12.7. The Bertz CT molecular complexity index is 1310. The van der Waals surface area contributed by atoms with E-state index >= 15 is 0 Å². The van der Waals surface area contributed by atoms with Crippen molar-refractivity contribution in [1.82, 2.24) is 5.43 Å². The highest BCUT2D eigenvalue weighted by Gasteiger charge is 2.30. The van der Waals surface area contributed by atoms with Crippen LogP contribution in [0.25, 0.3) is 0 Å². The summed E-state index contributed by atoms with van der Waals surface area (Å²) < 4.78 is 50.6. The molecule has 10 heteroatoms. The molecule has 5 nitrogen and oxygen atoms in total. The number of alkyl halides is 3. The minimum atomic E-state index is -4.56. The summed E-state index contributed by atoms with van der Waals surface area (Å²) in [6.07, 6.45) is -1.05. The van der Waals surface area contributed by atoms with E-state index in [1.807, 2.05) is 6.92 Å². The van der Waals surface area contributed by atoms with E-state index in [1.165, 1.54) is 12.3 Å². The highest BCUT2D eigenvalue weighted by molar-refractivity contribution is 6.35. The molecule has 0 atom stereocenters. The van der Waals surface area contributed by atoms with Crippen molar-refractivity contribution in [3.8, 4) is 11.5 Å². The van der Waals surface area contributed by atoms with Gasteiger partial charge < -0.3 is 9.47 Å². The minimum Gasteiger partial charge on any atom is -0.490 e. The Balaban J connectivity index is 1.81. The minimum absolute atomic E-state index is 0.167. The summed E-state index contributed by atoms with van der Waals surface area (Å²) in [5, 5.41) is 4.88. The first-order chi connectivity index (χ1) is 17.6. The SMILES string of the molecule is C=CCc1cc(C=NNC(=O)c2cccc(C(F)(F)F)c2)cc(OCC)c1OCc1ccc(Cl)cc1Cl. The summed E-state index contributed by atoms with van der Waals surface area (Å²) in [6.45, 7) is 6.13. The summed E-state index contributed by atoms with van der Waals surface area (Å²) in [5.74, 6) is 0.161. The van der Waals surface area contributed by atoms with Crippen molar-refractivity contribution in [3.05, 3.63) is 105 Å². The topological polar surface area (TPSA) is 59.9 Å². The van der Waals surface area contributed by atoms with Crippen molar-refractivity contribution in [2.75, 3.05) is 6.61 Å². The normalized spacial score (nSPS) is 11.4. The Kier molecular flexibility index (Phi) is 9.60. The largest absolute Gasteiger partial charge is 0.490 e. The van der Waals surface area contributed by atoms with Crippen molar-refractivity contribution in [3.63, 3.8) is 0 Å². The third-order valence-corrected chi connectivity index (χ3v) is 5.62. The molecule has 0 spiro atoms. The van der Waals surface area contributed by atoms with Gasteiger partial charge in [0.1, 0.15) is 6.61 Å². The van der Waals surface area contributed by atoms with Crippen LogP contribution in [0.15, 0.2) is 72.4 Å². The molecule has 0 aromatic heterocycles. The lowest BCUT2D eigenvalue weighted by molar-refractivity contribution is -0.137. The number of nitrogens with zero attached hydrogens (tertiary/aromatic N) is 1. The molecule has 0 saturated heterocycles. The van der Waals surface area contributed by atoms with Crippen LogP contribution >= 0.6 is 23.2 Å². The van der Waals surface area contributed by atoms with Crippen molar-refractivity contribution >= 4 is 35.3 Å². The van der Waals surface area contributed by atoms with Gasteiger partial charge >= 0.3 is 6.18 Å². The lowest BCUT2D eigenvalue weighted by Crippen LogP contribution is -2.18. The number of carbonyl (C=O) groups is 1. The van der Waals surface area contributed by atoms with Gasteiger partial charge in [-0.25, -0.2) is 5.43 Å². The first kappa shape index (κ1) is 28.1. The maximum absolute atomic E-state index is 12.9. The summed E-state index contributed by atoms with van der Waals surface area (Å²) >= 11 is 12.2. The summed E-state index contributed by atoms with van der Waals surface area (Å²) in [5.41, 5.74) is 3.21. The molecule has 0 aliphatic heterocycles. The van der Waals surface area contributed by atoms with Crippen LogP contribution in [0.5, 0.6) is 11.5 Å². The number of halogens is 5. The molecule has 37 heavy (non-hydrogen) atoms. The van der Waals surface area contributed by atoms with Crippen LogP contribution in [0.4, 0.5) is 13.2 Å². The number of allylic oxidation sites excluding steroid dienone is 1. The number of rotatable bonds is 10. The molecule has 0 unspecified atom stereocenters. The first-order valence-corrected chi connectivity index (χ1v) is 11.9. The number of ether oxygens (including phenoxy) is 2. The Morgan fingerprint density at radius 1 is 1.08 bits per heavy atom. The standard InChI is InChI=1S/C27H23Cl2F3N2O3/c1-3-6-18-11-17(15-33-34-26(35)19-7-5-8-21(13-19)27(30,31)32)12-24(36-4-2)25(18)37-16-20-9-10-22(28)14-23(20)29/h3,5,7-15H,1,4,6,16H2,2H3,(H,34,35). The van der Waals surface area contributed by atoms with E-state index in [0.29, 0.717) is 40.1 Å². The van der Waals surface area contributed by atoms with Gasteiger partial charge in [0.2, 0.25) is 0 Å². The first-order valence-electron chi connectivity index (χ1n) is 11.1. The molecule has 3 aromatic rings. The van der Waals surface area contributed by atoms with Gasteiger partial charge in [-0.1, -0.05) is 41.4 Å². The predicted molar refractivity (Wildman–Crippen MR) is 139 cm³/mol. The van der Waals surface area contributed by atoms with Crippen LogP contribution in [0.2, 0.25) is 10.0 Å². The molecule has 1 amide bonds. The fraction of sp³-hybridized carbons (Fsp3) is 0.185. The molecule has 0 aliphatic carbocycles. The lowest BCUT2D eigenvalue weighted by Gasteiger charge is -2.17. The molecule has 0 fully saturated rings. The highest BCUT2D eigenvalue weighted by Crippen LogP contribution is 2.35. The molecule has 0 heterocycles. The molecule has 0 saturated carbocycles. The fourth-order valence-electron chi connectivity index (χ4n) is 3.35. The molecule has 3 aromatic carbocycles. The second-order valence-electron chi connectivity index (χ2n) is 7.74. The molecule has 0 aliphatic rings. The van der Waals surface area contributed by atoms with Gasteiger partial charge in [0, 0.05) is 26.7 Å². The highest BCUT2D eigenvalue weighted by atomic mass is 35.5. The monoisotopic (exact) mass is 550 g/mol. The average molecular weight is 551 g/mol. The zero-order chi connectivity index (χ0) is 27.0. The van der Waals surface area contributed by atoms with Crippen LogP contribution in [0.3, 0.4) is 0 Å². The maximum Gasteiger partial charge on any atom is 0.416 e. The number of carbonyl (C=O) groups excluding carboxylic acids is 1. The van der Waals surface area contributed by atoms with Crippen LogP contribution in [-0.2, 0) is 19.2 Å². The molecule has 1 N–H and O–H groups in total. The predicted octanol–water partition coefficient (Wildman–Crippen LogP) is 7.48. The zero-order valence-corrected chi connectivity index (χ0v) is 21.3. The number of hydrogen-bond acceptors (Lipinski definition) is 4. The van der Waals surface area contributed by atoms with E-state index in [2.05, 4.69) is 17.1 Å². The average Bonchev–Trinajstić information content (AvgIpc) is 2.84. The number of hydrazone groups is 1. The second-order valence-corrected chi connectivity index (χ2v) is 8.58. The van der Waals surface area contributed by atoms with E-state index in [1.54, 1.807) is 36.4 Å². The molecule has 0 bridgehead atoms. The van der Waals surface area contributed by atoms with Crippen LogP contribution < -0.4 is 14.9 Å². The molecule has 3 rings (SSSR count). The Morgan fingerprint density at radius 3 is 2.54 bits per heavy atom. The van der Waals surface area contributed by atoms with Gasteiger partial charge in [-0.3, -0.25) is 4.79 Å². The zero-order valence-electron chi connectivity index (χ0n) is 19.7. The maximum atomic E-state index is 12.9. The Labute approximate surface area is 222 Å². The lowest BCUT2D eigenvalue weighted by atomic mass is 10.1. The van der Waals surface area contributed by atoms with Gasteiger partial charge in [0.15, 0.2) is 11.5 Å². The summed E-state index contributed by atoms with van der Waals surface area (Å²) in [7, 11) is 0. The van der Waals surface area contributed by atoms with Crippen LogP contribution in [-0.4, -0.2) is 18.7 Å². The molecule has 0 radical (unpaired) electrons. The number of benzene rings is 3. The van der Waals surface area contributed by atoms with E-state index in [0.717, 1.165) is 29.3 Å². The van der Waals surface area contributed by atoms with Crippen molar-refractivity contribution in [2.45, 2.75) is 26.1 Å². The van der Waals surface area contributed by atoms with E-state index in [-0.39, 0.29) is 12.2 Å². The summed E-state index contributed by atoms with van der Waals surface area (Å²) in [6, 6.07) is 12.7. The van der Waals surface area contributed by atoms with Gasteiger partial charge in [-0.2, -0.15) is 18.3 Å². The Morgan fingerprint density at radius 2 is 1.86 bits per heavy atom. The quantitative estimate of drug-likeness (QED) is 0.162. The number of hydrogen-bond donors (Lipinski definition) is 1. The molecule has 194 valence electrons. The fourth-order valence-corrected chi connectivity index (χ4v) is 3.81. The molecular weight excluding hydrogens is 528 g/mol. The van der Waals surface area contributed by atoms with E-state index in [9.17, 15) is 18.0 Å². The van der Waals surface area contributed by atoms with E-state index in [4.69, 9.17) is 32.7 Å². The van der Waals surface area contributed by atoms with E-state index < -0.39 is 17.6 Å². The third-order valence-electron chi connectivity index (χ3n) is 5.04. The number of amides is 1. The third kappa shape index (κ3) is 7.74. The van der Waals surface area contributed by atoms with Gasteiger partial charge in [-0.05, 0) is 61.4 Å². The van der Waals surface area contributed by atoms with Crippen molar-refractivity contribution < 1.29 is 27.4 Å². The van der Waals surface area contributed by atoms with Gasteiger partial charge in [0.25, 0.3) is 5.91 Å². The Hall–Kier alpha value is -3.49. The molecular formula is C27H23Cl2F3N2O3. The van der Waals surface area contributed by atoms with Crippen LogP contribution in [0, 0.1) is 0 Å². The smallest absolute Gasteiger partial charge is 0.416 e. The van der Waals surface area contributed by atoms with Crippen molar-refractivity contribution in [2.24, 2.45) is 5.10 Å². The van der Waals surface area contributed by atoms with Gasteiger partial charge in [-0.15, -0.1) is 6.58 Å².